The Balaban J connectivity index is 2.90. The van der Waals surface area contributed by atoms with Gasteiger partial charge in [0.2, 0.25) is 0 Å². The third-order valence-corrected chi connectivity index (χ3v) is 3.14. The number of nitrogens with zero attached hydrogens (tertiary/aromatic N) is 2. The van der Waals surface area contributed by atoms with Gasteiger partial charge < -0.3 is 0 Å². The van der Waals surface area contributed by atoms with Crippen molar-refractivity contribution in [3.05, 3.63) is 33.5 Å². The van der Waals surface area contributed by atoms with E-state index in [-0.39, 0.29) is 10.6 Å². The predicted octanol–water partition coefficient (Wildman–Crippen LogP) is 2.82. The average Bonchev–Trinajstić information content (AvgIpc) is 2.47. The van der Waals surface area contributed by atoms with Crippen LogP contribution in [0.25, 0.3) is 10.1 Å². The number of hydrogen-bond donors (Lipinski definition) is 0. The average molecular weight is 208 g/mol. The van der Waals surface area contributed by atoms with Crippen molar-refractivity contribution in [2.45, 2.75) is 13.8 Å². The van der Waals surface area contributed by atoms with E-state index in [4.69, 9.17) is 0 Å². The van der Waals surface area contributed by atoms with E-state index in [0.29, 0.717) is 10.3 Å². The molecule has 72 valence electrons. The molecule has 0 fully saturated rings. The van der Waals surface area contributed by atoms with Crippen molar-refractivity contribution < 1.29 is 4.92 Å². The van der Waals surface area contributed by atoms with Crippen LogP contribution in [0.15, 0.2) is 12.1 Å². The van der Waals surface area contributed by atoms with E-state index in [1.165, 1.54) is 11.5 Å². The first-order chi connectivity index (χ1) is 6.61. The molecule has 0 radical (unpaired) electrons. The highest BCUT2D eigenvalue weighted by molar-refractivity contribution is 7.14. The summed E-state index contributed by atoms with van der Waals surface area (Å²) < 4.78 is 4.79. The number of fused-ring (bicyclic) bond motifs is 1. The van der Waals surface area contributed by atoms with Crippen LogP contribution in [-0.4, -0.2) is 9.30 Å². The van der Waals surface area contributed by atoms with Crippen LogP contribution in [0.4, 0.5) is 5.69 Å². The molecule has 1 heterocycles. The van der Waals surface area contributed by atoms with Crippen LogP contribution < -0.4 is 0 Å². The van der Waals surface area contributed by atoms with Gasteiger partial charge in [0.15, 0.2) is 0 Å². The number of nitro benzene ring substituents is 1. The summed E-state index contributed by atoms with van der Waals surface area (Å²) in [5.41, 5.74) is 1.73. The predicted molar refractivity (Wildman–Crippen MR) is 55.7 cm³/mol. The van der Waals surface area contributed by atoms with Crippen molar-refractivity contribution in [1.29, 1.82) is 0 Å². The van der Waals surface area contributed by atoms with E-state index in [2.05, 4.69) is 4.37 Å². The lowest BCUT2D eigenvalue weighted by Gasteiger charge is -1.97. The smallest absolute Gasteiger partial charge is 0.258 e. The molecule has 0 bridgehead atoms. The number of nitro groups is 1. The Morgan fingerprint density at radius 1 is 1.43 bits per heavy atom. The minimum Gasteiger partial charge on any atom is -0.258 e. The zero-order valence-electron chi connectivity index (χ0n) is 7.77. The monoisotopic (exact) mass is 208 g/mol. The van der Waals surface area contributed by atoms with Gasteiger partial charge in [-0.2, -0.15) is 4.37 Å². The standard InChI is InChI=1S/C9H8N2O2S/c1-5-3-4-7-6(2)10-14-9(7)8(5)11(12)13/h3-4H,1-2H3. The zero-order valence-corrected chi connectivity index (χ0v) is 8.59. The van der Waals surface area contributed by atoms with Crippen LogP contribution in [0, 0.1) is 24.0 Å². The maximum absolute atomic E-state index is 10.8. The van der Waals surface area contributed by atoms with Crippen molar-refractivity contribution in [1.82, 2.24) is 4.37 Å². The second-order valence-corrected chi connectivity index (χ2v) is 3.91. The lowest BCUT2D eigenvalue weighted by atomic mass is 10.1. The molecule has 14 heavy (non-hydrogen) atoms. The summed E-state index contributed by atoms with van der Waals surface area (Å²) in [6, 6.07) is 3.65. The Labute approximate surface area is 84.5 Å². The van der Waals surface area contributed by atoms with Gasteiger partial charge in [0.1, 0.15) is 4.70 Å². The minimum atomic E-state index is -0.338. The Morgan fingerprint density at radius 2 is 2.14 bits per heavy atom. The summed E-state index contributed by atoms with van der Waals surface area (Å²) in [6.07, 6.45) is 0. The molecule has 1 aromatic carbocycles. The number of aromatic nitrogens is 1. The molecule has 0 atom stereocenters. The fraction of sp³-hybridized carbons (Fsp3) is 0.222. The van der Waals surface area contributed by atoms with Crippen molar-refractivity contribution in [3.8, 4) is 0 Å². The molecule has 0 saturated carbocycles. The molecule has 2 aromatic rings. The number of rotatable bonds is 1. The fourth-order valence-corrected chi connectivity index (χ4v) is 2.40. The molecule has 4 nitrogen and oxygen atoms in total. The lowest BCUT2D eigenvalue weighted by Crippen LogP contribution is -1.91. The van der Waals surface area contributed by atoms with E-state index >= 15 is 0 Å². The van der Waals surface area contributed by atoms with Gasteiger partial charge in [0.05, 0.1) is 10.6 Å². The Bertz CT molecular complexity index is 519. The van der Waals surface area contributed by atoms with Crippen LogP contribution in [0.2, 0.25) is 0 Å². The van der Waals surface area contributed by atoms with E-state index < -0.39 is 0 Å². The Kier molecular flexibility index (Phi) is 1.96. The van der Waals surface area contributed by atoms with Gasteiger partial charge in [-0.05, 0) is 25.4 Å². The van der Waals surface area contributed by atoms with Gasteiger partial charge in [-0.15, -0.1) is 0 Å². The molecular weight excluding hydrogens is 200 g/mol. The van der Waals surface area contributed by atoms with Crippen LogP contribution >= 0.6 is 11.5 Å². The van der Waals surface area contributed by atoms with Gasteiger partial charge in [0, 0.05) is 10.9 Å². The summed E-state index contributed by atoms with van der Waals surface area (Å²) >= 11 is 1.19. The second kappa shape index (κ2) is 3.02. The third kappa shape index (κ3) is 1.17. The molecule has 0 aliphatic heterocycles. The molecule has 0 N–H and O–H groups in total. The molecule has 0 unspecified atom stereocenters. The summed E-state index contributed by atoms with van der Waals surface area (Å²) in [4.78, 5) is 10.5. The SMILES string of the molecule is Cc1ccc2c(C)nsc2c1[N+](=O)[O-]. The quantitative estimate of drug-likeness (QED) is 0.534. The van der Waals surface area contributed by atoms with Crippen LogP contribution in [0.5, 0.6) is 0 Å². The first-order valence-electron chi connectivity index (χ1n) is 4.11. The van der Waals surface area contributed by atoms with Crippen LogP contribution in [0.3, 0.4) is 0 Å². The molecular formula is C9H8N2O2S. The molecule has 0 amide bonds. The molecule has 5 heteroatoms. The molecule has 0 aliphatic rings. The zero-order chi connectivity index (χ0) is 10.3. The van der Waals surface area contributed by atoms with Crippen molar-refractivity contribution in [2.24, 2.45) is 0 Å². The van der Waals surface area contributed by atoms with Gasteiger partial charge in [-0.25, -0.2) is 0 Å². The summed E-state index contributed by atoms with van der Waals surface area (Å²) in [5, 5.41) is 11.7. The van der Waals surface area contributed by atoms with Gasteiger partial charge >= 0.3 is 0 Å². The molecule has 2 rings (SSSR count). The topological polar surface area (TPSA) is 56.0 Å². The fourth-order valence-electron chi connectivity index (χ4n) is 1.44. The molecule has 0 saturated heterocycles. The van der Waals surface area contributed by atoms with Crippen LogP contribution in [0.1, 0.15) is 11.3 Å². The largest absolute Gasteiger partial charge is 0.291 e. The van der Waals surface area contributed by atoms with E-state index in [1.54, 1.807) is 13.0 Å². The highest BCUT2D eigenvalue weighted by Crippen LogP contribution is 2.33. The van der Waals surface area contributed by atoms with Crippen molar-refractivity contribution in [3.63, 3.8) is 0 Å². The summed E-state index contributed by atoms with van der Waals surface area (Å²) in [6.45, 7) is 3.60. The van der Waals surface area contributed by atoms with E-state index in [0.717, 1.165) is 11.1 Å². The van der Waals surface area contributed by atoms with Crippen LogP contribution in [-0.2, 0) is 0 Å². The highest BCUT2D eigenvalue weighted by atomic mass is 32.1. The van der Waals surface area contributed by atoms with Gasteiger partial charge in [-0.1, -0.05) is 12.1 Å². The Hall–Kier alpha value is -1.49. The lowest BCUT2D eigenvalue weighted by molar-refractivity contribution is -0.383. The number of hydrogen-bond acceptors (Lipinski definition) is 4. The maximum Gasteiger partial charge on any atom is 0.291 e. The minimum absolute atomic E-state index is 0.188. The maximum atomic E-state index is 10.8. The number of benzene rings is 1. The normalized spacial score (nSPS) is 10.7. The van der Waals surface area contributed by atoms with E-state index in [9.17, 15) is 10.1 Å². The second-order valence-electron chi connectivity index (χ2n) is 3.13. The van der Waals surface area contributed by atoms with Crippen molar-refractivity contribution in [2.75, 3.05) is 0 Å². The third-order valence-electron chi connectivity index (χ3n) is 2.18. The van der Waals surface area contributed by atoms with E-state index in [1.807, 2.05) is 13.0 Å². The van der Waals surface area contributed by atoms with Gasteiger partial charge in [0.25, 0.3) is 5.69 Å². The summed E-state index contributed by atoms with van der Waals surface area (Å²) in [7, 11) is 0. The molecule has 1 aromatic heterocycles. The first-order valence-corrected chi connectivity index (χ1v) is 4.88. The first kappa shape index (κ1) is 9.08. The molecule has 0 aliphatic carbocycles. The Morgan fingerprint density at radius 3 is 2.79 bits per heavy atom. The number of aryl methyl sites for hydroxylation is 2. The van der Waals surface area contributed by atoms with Gasteiger partial charge in [-0.3, -0.25) is 10.1 Å². The highest BCUT2D eigenvalue weighted by Gasteiger charge is 2.18. The molecule has 0 spiro atoms. The van der Waals surface area contributed by atoms with Crippen molar-refractivity contribution >= 4 is 27.3 Å². The summed E-state index contributed by atoms with van der Waals surface area (Å²) in [5.74, 6) is 0.